The molecule has 2 fully saturated rings. The first-order valence-electron chi connectivity index (χ1n) is 9.26. The maximum absolute atomic E-state index is 11.9. The Morgan fingerprint density at radius 2 is 1.88 bits per heavy atom. The number of ether oxygens (including phenoxy) is 1. The summed E-state index contributed by atoms with van der Waals surface area (Å²) < 4.78 is 6.12. The van der Waals surface area contributed by atoms with E-state index in [0.29, 0.717) is 13.2 Å². The highest BCUT2D eigenvalue weighted by atomic mass is 16.5. The first-order chi connectivity index (χ1) is 11.4. The number of rotatable bonds is 5. The highest BCUT2D eigenvalue weighted by molar-refractivity contribution is 5.74. The smallest absolute Gasteiger partial charge is 0.404 e. The number of carboxylic acid groups (broad SMARTS) is 1. The highest BCUT2D eigenvalue weighted by Gasteiger charge is 2.35. The zero-order valence-corrected chi connectivity index (χ0v) is 15.2. The molecule has 138 valence electrons. The molecule has 1 saturated heterocycles. The first-order valence-corrected chi connectivity index (χ1v) is 9.26. The van der Waals surface area contributed by atoms with Crippen LogP contribution in [0, 0.1) is 11.8 Å². The minimum absolute atomic E-state index is 0.0102. The Kier molecular flexibility index (Phi) is 6.90. The summed E-state index contributed by atoms with van der Waals surface area (Å²) in [5.41, 5.74) is 0. The predicted molar refractivity (Wildman–Crippen MR) is 91.9 cm³/mol. The van der Waals surface area contributed by atoms with Gasteiger partial charge >= 0.3 is 6.09 Å². The molecule has 0 unspecified atom stereocenters. The lowest BCUT2D eigenvalue weighted by Crippen LogP contribution is -2.58. The van der Waals surface area contributed by atoms with Gasteiger partial charge in [0.05, 0.1) is 24.8 Å². The van der Waals surface area contributed by atoms with Gasteiger partial charge in [-0.1, -0.05) is 13.8 Å². The summed E-state index contributed by atoms with van der Waals surface area (Å²) in [6.07, 6.45) is 5.29. The van der Waals surface area contributed by atoms with Crippen molar-refractivity contribution < 1.29 is 19.4 Å². The van der Waals surface area contributed by atoms with E-state index < -0.39 is 6.09 Å². The van der Waals surface area contributed by atoms with Crippen LogP contribution in [0.15, 0.2) is 0 Å². The Bertz CT molecular complexity index is 433. The third-order valence-corrected chi connectivity index (χ3v) is 5.66. The van der Waals surface area contributed by atoms with E-state index in [1.165, 1.54) is 12.8 Å². The summed E-state index contributed by atoms with van der Waals surface area (Å²) in [6.45, 7) is 7.20. The molecule has 0 spiro atoms. The van der Waals surface area contributed by atoms with Crippen LogP contribution >= 0.6 is 0 Å². The Morgan fingerprint density at radius 3 is 2.42 bits per heavy atom. The van der Waals surface area contributed by atoms with Gasteiger partial charge in [-0.3, -0.25) is 4.79 Å². The quantitative estimate of drug-likeness (QED) is 0.806. The fraction of sp³-hybridized carbons (Fsp3) is 0.889. The number of nitrogens with one attached hydrogen (secondary N) is 1. The molecule has 2 atom stereocenters. The largest absolute Gasteiger partial charge is 0.465 e. The van der Waals surface area contributed by atoms with E-state index in [-0.39, 0.29) is 24.1 Å². The van der Waals surface area contributed by atoms with Crippen molar-refractivity contribution in [2.24, 2.45) is 11.8 Å². The Morgan fingerprint density at radius 1 is 1.21 bits per heavy atom. The monoisotopic (exact) mass is 340 g/mol. The van der Waals surface area contributed by atoms with Crippen molar-refractivity contribution >= 4 is 12.0 Å². The molecule has 0 aromatic heterocycles. The average molecular weight is 340 g/mol. The Balaban J connectivity index is 1.90. The van der Waals surface area contributed by atoms with E-state index in [0.717, 1.165) is 37.5 Å². The van der Waals surface area contributed by atoms with E-state index in [2.05, 4.69) is 19.2 Å². The van der Waals surface area contributed by atoms with Gasteiger partial charge in [-0.25, -0.2) is 4.79 Å². The molecule has 2 N–H and O–H groups in total. The second-order valence-corrected chi connectivity index (χ2v) is 7.59. The van der Waals surface area contributed by atoms with Crippen LogP contribution in [0.2, 0.25) is 0 Å². The summed E-state index contributed by atoms with van der Waals surface area (Å²) in [6, 6.07) is -0.442. The van der Waals surface area contributed by atoms with Crippen LogP contribution in [0.1, 0.15) is 59.3 Å². The van der Waals surface area contributed by atoms with Gasteiger partial charge in [-0.15, -0.1) is 0 Å². The number of nitrogens with zero attached hydrogens (tertiary/aromatic N) is 1. The van der Waals surface area contributed by atoms with Crippen molar-refractivity contribution in [3.8, 4) is 0 Å². The van der Waals surface area contributed by atoms with E-state index in [9.17, 15) is 9.59 Å². The molecule has 0 radical (unpaired) electrons. The van der Waals surface area contributed by atoms with Crippen molar-refractivity contribution in [1.82, 2.24) is 10.2 Å². The normalized spacial score (nSPS) is 31.1. The zero-order chi connectivity index (χ0) is 17.7. The van der Waals surface area contributed by atoms with E-state index >= 15 is 0 Å². The molecule has 1 saturated carbocycles. The van der Waals surface area contributed by atoms with E-state index in [1.807, 2.05) is 0 Å². The lowest BCUT2D eigenvalue weighted by molar-refractivity contribution is -0.136. The van der Waals surface area contributed by atoms with Gasteiger partial charge in [0.25, 0.3) is 0 Å². The molecule has 6 heteroatoms. The first kappa shape index (κ1) is 19.0. The summed E-state index contributed by atoms with van der Waals surface area (Å²) in [7, 11) is 0. The number of amides is 2. The topological polar surface area (TPSA) is 78.9 Å². The fourth-order valence-corrected chi connectivity index (χ4v) is 4.14. The van der Waals surface area contributed by atoms with Gasteiger partial charge in [-0.2, -0.15) is 0 Å². The van der Waals surface area contributed by atoms with Crippen molar-refractivity contribution in [2.75, 3.05) is 13.2 Å². The highest BCUT2D eigenvalue weighted by Crippen LogP contribution is 2.31. The second-order valence-electron chi connectivity index (χ2n) is 7.59. The molecule has 2 aliphatic rings. The van der Waals surface area contributed by atoms with Crippen LogP contribution in [0.4, 0.5) is 4.79 Å². The molecule has 24 heavy (non-hydrogen) atoms. The van der Waals surface area contributed by atoms with Gasteiger partial charge in [-0.05, 0) is 50.4 Å². The number of likely N-dealkylation sites (tertiary alicyclic amines) is 1. The molecule has 1 heterocycles. The zero-order valence-electron chi connectivity index (χ0n) is 15.2. The van der Waals surface area contributed by atoms with Crippen LogP contribution in [-0.4, -0.2) is 53.3 Å². The van der Waals surface area contributed by atoms with Crippen LogP contribution in [0.5, 0.6) is 0 Å². The molecular weight excluding hydrogens is 308 g/mol. The SMILES string of the molecule is CC(=O)N1CCC[C@H](NC(=O)O)[C@@H]1COC1CCC(C(C)C)CC1. The fourth-order valence-electron chi connectivity index (χ4n) is 4.14. The predicted octanol–water partition coefficient (Wildman–Crippen LogP) is 2.86. The molecule has 2 rings (SSSR count). The maximum Gasteiger partial charge on any atom is 0.404 e. The van der Waals surface area contributed by atoms with Crippen molar-refractivity contribution in [3.63, 3.8) is 0 Å². The van der Waals surface area contributed by atoms with Crippen molar-refractivity contribution in [1.29, 1.82) is 0 Å². The van der Waals surface area contributed by atoms with Gasteiger partial charge in [0.2, 0.25) is 5.91 Å². The van der Waals surface area contributed by atoms with Gasteiger partial charge < -0.3 is 20.1 Å². The lowest BCUT2D eigenvalue weighted by Gasteiger charge is -2.41. The number of carbonyl (C=O) groups excluding carboxylic acids is 1. The van der Waals surface area contributed by atoms with Gasteiger partial charge in [0, 0.05) is 13.5 Å². The summed E-state index contributed by atoms with van der Waals surface area (Å²) in [5, 5.41) is 11.6. The van der Waals surface area contributed by atoms with Crippen molar-refractivity contribution in [3.05, 3.63) is 0 Å². The van der Waals surface area contributed by atoms with Crippen LogP contribution in [0.25, 0.3) is 0 Å². The molecule has 1 aliphatic heterocycles. The standard InChI is InChI=1S/C18H32N2O4/c1-12(2)14-6-8-15(9-7-14)24-11-17-16(19-18(22)23)5-4-10-20(17)13(3)21/h12,14-17,19H,4-11H2,1-3H3,(H,22,23)/t14?,15?,16-,17-/m0/s1. The minimum atomic E-state index is -1.03. The number of piperidine rings is 1. The molecule has 0 bridgehead atoms. The van der Waals surface area contributed by atoms with E-state index in [1.54, 1.807) is 11.8 Å². The number of hydrogen-bond donors (Lipinski definition) is 2. The molecule has 2 amide bonds. The third-order valence-electron chi connectivity index (χ3n) is 5.66. The Labute approximate surface area is 144 Å². The number of carbonyl (C=O) groups is 2. The summed E-state index contributed by atoms with van der Waals surface area (Å²) in [4.78, 5) is 24.7. The molecule has 6 nitrogen and oxygen atoms in total. The van der Waals surface area contributed by atoms with Crippen molar-refractivity contribution in [2.45, 2.75) is 77.5 Å². The maximum atomic E-state index is 11.9. The van der Waals surface area contributed by atoms with E-state index in [4.69, 9.17) is 9.84 Å². The lowest BCUT2D eigenvalue weighted by atomic mass is 9.80. The second kappa shape index (κ2) is 8.70. The summed E-state index contributed by atoms with van der Waals surface area (Å²) >= 11 is 0. The van der Waals surface area contributed by atoms with Crippen LogP contribution in [-0.2, 0) is 9.53 Å². The van der Waals surface area contributed by atoms with Gasteiger partial charge in [0.15, 0.2) is 0 Å². The molecule has 0 aromatic rings. The van der Waals surface area contributed by atoms with Gasteiger partial charge in [0.1, 0.15) is 0 Å². The van der Waals surface area contributed by atoms with Crippen LogP contribution in [0.3, 0.4) is 0 Å². The summed E-state index contributed by atoms with van der Waals surface area (Å²) in [5.74, 6) is 1.50. The Hall–Kier alpha value is -1.30. The molecule has 1 aliphatic carbocycles. The molecule has 0 aromatic carbocycles. The van der Waals surface area contributed by atoms with Crippen LogP contribution < -0.4 is 5.32 Å². The minimum Gasteiger partial charge on any atom is -0.465 e. The average Bonchev–Trinajstić information content (AvgIpc) is 2.53. The third kappa shape index (κ3) is 5.10. The molecular formula is C18H32N2O4. The number of hydrogen-bond acceptors (Lipinski definition) is 3.